The smallest absolute Gasteiger partial charge is 0.222 e. The molecule has 1 aliphatic rings. The molecule has 2 heterocycles. The van der Waals surface area contributed by atoms with Crippen LogP contribution in [0.2, 0.25) is 0 Å². The average molecular weight is 265 g/mol. The first-order chi connectivity index (χ1) is 9.15. The molecule has 1 N–H and O–H groups in total. The van der Waals surface area contributed by atoms with Gasteiger partial charge in [0.1, 0.15) is 12.7 Å². The van der Waals surface area contributed by atoms with E-state index in [1.807, 2.05) is 4.90 Å². The maximum Gasteiger partial charge on any atom is 0.222 e. The predicted octanol–water partition coefficient (Wildman–Crippen LogP) is -0.205. The second kappa shape index (κ2) is 6.31. The maximum absolute atomic E-state index is 11.8. The van der Waals surface area contributed by atoms with E-state index in [-0.39, 0.29) is 17.9 Å². The monoisotopic (exact) mass is 265 g/mol. The molecule has 19 heavy (non-hydrogen) atoms. The second-order valence-electron chi connectivity index (χ2n) is 4.76. The van der Waals surface area contributed by atoms with E-state index in [1.54, 1.807) is 17.9 Å². The van der Waals surface area contributed by atoms with Gasteiger partial charge in [0.2, 0.25) is 11.8 Å². The van der Waals surface area contributed by atoms with Crippen LogP contribution in [0.3, 0.4) is 0 Å². The van der Waals surface area contributed by atoms with Crippen molar-refractivity contribution in [2.24, 2.45) is 0 Å². The molecule has 1 saturated heterocycles. The van der Waals surface area contributed by atoms with Crippen LogP contribution in [0.15, 0.2) is 12.7 Å². The van der Waals surface area contributed by atoms with Crippen molar-refractivity contribution in [2.45, 2.75) is 38.8 Å². The normalized spacial score (nSPS) is 16.4. The number of hydrogen-bond donors (Lipinski definition) is 1. The quantitative estimate of drug-likeness (QED) is 0.817. The summed E-state index contributed by atoms with van der Waals surface area (Å²) in [6.45, 7) is 3.57. The van der Waals surface area contributed by atoms with Gasteiger partial charge in [0.05, 0.1) is 6.54 Å². The minimum absolute atomic E-state index is 0.0248. The number of hydrogen-bond acceptors (Lipinski definition) is 4. The van der Waals surface area contributed by atoms with Gasteiger partial charge in [-0.05, 0) is 12.8 Å². The number of nitrogens with zero attached hydrogens (tertiary/aromatic N) is 4. The zero-order valence-electron chi connectivity index (χ0n) is 11.1. The Morgan fingerprint density at radius 1 is 1.37 bits per heavy atom. The number of piperidine rings is 1. The van der Waals surface area contributed by atoms with Gasteiger partial charge in [-0.15, -0.1) is 0 Å². The number of amides is 2. The van der Waals surface area contributed by atoms with E-state index in [2.05, 4.69) is 15.4 Å². The molecule has 1 fully saturated rings. The minimum atomic E-state index is 0.0248. The summed E-state index contributed by atoms with van der Waals surface area (Å²) < 4.78 is 1.64. The highest BCUT2D eigenvalue weighted by Crippen LogP contribution is 2.10. The molecule has 0 bridgehead atoms. The molecular formula is C12H19N5O2. The first kappa shape index (κ1) is 13.5. The number of nitrogens with one attached hydrogen (secondary N) is 1. The molecule has 7 heteroatoms. The third-order valence-corrected chi connectivity index (χ3v) is 3.34. The molecule has 0 radical (unpaired) electrons. The van der Waals surface area contributed by atoms with Crippen LogP contribution in [0.4, 0.5) is 0 Å². The highest BCUT2D eigenvalue weighted by Gasteiger charge is 2.21. The molecule has 7 nitrogen and oxygen atoms in total. The first-order valence-electron chi connectivity index (χ1n) is 6.52. The van der Waals surface area contributed by atoms with Crippen molar-refractivity contribution >= 4 is 11.8 Å². The standard InChI is InChI=1S/C12H19N5O2/c1-10(18)16-5-2-11(3-6-16)15-12(19)4-7-17-9-13-8-14-17/h8-9,11H,2-7H2,1H3,(H,15,19). The van der Waals surface area contributed by atoms with Crippen molar-refractivity contribution in [2.75, 3.05) is 13.1 Å². The van der Waals surface area contributed by atoms with E-state index in [4.69, 9.17) is 0 Å². The van der Waals surface area contributed by atoms with Crippen molar-refractivity contribution in [1.29, 1.82) is 0 Å². The van der Waals surface area contributed by atoms with Crippen LogP contribution in [0.25, 0.3) is 0 Å². The van der Waals surface area contributed by atoms with Crippen LogP contribution in [0, 0.1) is 0 Å². The Morgan fingerprint density at radius 3 is 2.68 bits per heavy atom. The van der Waals surface area contributed by atoms with Gasteiger partial charge >= 0.3 is 0 Å². The van der Waals surface area contributed by atoms with Crippen LogP contribution >= 0.6 is 0 Å². The summed E-state index contributed by atoms with van der Waals surface area (Å²) in [4.78, 5) is 28.6. The van der Waals surface area contributed by atoms with Crippen LogP contribution in [0.5, 0.6) is 0 Å². The summed E-state index contributed by atoms with van der Waals surface area (Å²) in [6, 6.07) is 0.179. The molecule has 0 aliphatic carbocycles. The number of rotatable bonds is 4. The molecule has 0 aromatic carbocycles. The summed E-state index contributed by atoms with van der Waals surface area (Å²) >= 11 is 0. The van der Waals surface area contributed by atoms with Gasteiger partial charge in [0, 0.05) is 32.5 Å². The molecule has 2 rings (SSSR count). The van der Waals surface area contributed by atoms with E-state index in [0.29, 0.717) is 13.0 Å². The van der Waals surface area contributed by atoms with Crippen molar-refractivity contribution in [1.82, 2.24) is 25.0 Å². The molecule has 1 aromatic heterocycles. The minimum Gasteiger partial charge on any atom is -0.353 e. The summed E-state index contributed by atoms with van der Waals surface area (Å²) in [7, 11) is 0. The first-order valence-corrected chi connectivity index (χ1v) is 6.52. The lowest BCUT2D eigenvalue weighted by Crippen LogP contribution is -2.46. The predicted molar refractivity (Wildman–Crippen MR) is 68.1 cm³/mol. The van der Waals surface area contributed by atoms with Gasteiger partial charge in [-0.25, -0.2) is 4.98 Å². The van der Waals surface area contributed by atoms with Gasteiger partial charge in [-0.2, -0.15) is 5.10 Å². The van der Waals surface area contributed by atoms with E-state index >= 15 is 0 Å². The Labute approximate surface area is 112 Å². The Kier molecular flexibility index (Phi) is 4.48. The lowest BCUT2D eigenvalue weighted by atomic mass is 10.0. The Bertz CT molecular complexity index is 423. The SMILES string of the molecule is CC(=O)N1CCC(NC(=O)CCn2cncn2)CC1. The fourth-order valence-electron chi connectivity index (χ4n) is 2.20. The molecule has 0 spiro atoms. The van der Waals surface area contributed by atoms with Crippen LogP contribution in [-0.2, 0) is 16.1 Å². The summed E-state index contributed by atoms with van der Waals surface area (Å²) in [5.41, 5.74) is 0. The van der Waals surface area contributed by atoms with Crippen molar-refractivity contribution in [3.63, 3.8) is 0 Å². The summed E-state index contributed by atoms with van der Waals surface area (Å²) in [5.74, 6) is 0.132. The Balaban J connectivity index is 1.67. The lowest BCUT2D eigenvalue weighted by Gasteiger charge is -2.31. The molecule has 0 saturated carbocycles. The summed E-state index contributed by atoms with van der Waals surface area (Å²) in [6.07, 6.45) is 5.10. The van der Waals surface area contributed by atoms with E-state index in [1.165, 1.54) is 6.33 Å². The number of carbonyl (C=O) groups is 2. The number of aromatic nitrogens is 3. The topological polar surface area (TPSA) is 80.1 Å². The molecule has 1 aliphatic heterocycles. The van der Waals surface area contributed by atoms with Crippen LogP contribution in [-0.4, -0.2) is 50.6 Å². The van der Waals surface area contributed by atoms with Crippen molar-refractivity contribution in [3.8, 4) is 0 Å². The van der Waals surface area contributed by atoms with Gasteiger partial charge in [-0.3, -0.25) is 14.3 Å². The maximum atomic E-state index is 11.8. The van der Waals surface area contributed by atoms with E-state index < -0.39 is 0 Å². The van der Waals surface area contributed by atoms with Gasteiger partial charge in [0.25, 0.3) is 0 Å². The molecule has 0 atom stereocenters. The van der Waals surface area contributed by atoms with Gasteiger partial charge in [-0.1, -0.05) is 0 Å². The second-order valence-corrected chi connectivity index (χ2v) is 4.76. The molecule has 2 amide bonds. The van der Waals surface area contributed by atoms with Crippen LogP contribution < -0.4 is 5.32 Å². The fraction of sp³-hybridized carbons (Fsp3) is 0.667. The average Bonchev–Trinajstić information content (AvgIpc) is 2.90. The number of carbonyl (C=O) groups excluding carboxylic acids is 2. The third kappa shape index (κ3) is 4.04. The van der Waals surface area contributed by atoms with Crippen LogP contribution in [0.1, 0.15) is 26.2 Å². The van der Waals surface area contributed by atoms with E-state index in [0.717, 1.165) is 25.9 Å². The van der Waals surface area contributed by atoms with E-state index in [9.17, 15) is 9.59 Å². The lowest BCUT2D eigenvalue weighted by molar-refractivity contribution is -0.130. The van der Waals surface area contributed by atoms with Gasteiger partial charge < -0.3 is 10.2 Å². The molecule has 104 valence electrons. The Hall–Kier alpha value is -1.92. The molecule has 1 aromatic rings. The largest absolute Gasteiger partial charge is 0.353 e. The van der Waals surface area contributed by atoms with Crippen molar-refractivity contribution in [3.05, 3.63) is 12.7 Å². The third-order valence-electron chi connectivity index (χ3n) is 3.34. The Morgan fingerprint density at radius 2 is 2.11 bits per heavy atom. The zero-order valence-corrected chi connectivity index (χ0v) is 11.1. The van der Waals surface area contributed by atoms with Crippen molar-refractivity contribution < 1.29 is 9.59 Å². The van der Waals surface area contributed by atoms with Gasteiger partial charge in [0.15, 0.2) is 0 Å². The zero-order chi connectivity index (χ0) is 13.7. The highest BCUT2D eigenvalue weighted by atomic mass is 16.2. The highest BCUT2D eigenvalue weighted by molar-refractivity contribution is 5.76. The summed E-state index contributed by atoms with van der Waals surface area (Å²) in [5, 5.41) is 6.95. The number of aryl methyl sites for hydroxylation is 1. The fourth-order valence-corrected chi connectivity index (χ4v) is 2.20. The molecule has 0 unspecified atom stereocenters. The number of likely N-dealkylation sites (tertiary alicyclic amines) is 1. The molecular weight excluding hydrogens is 246 g/mol.